The van der Waals surface area contributed by atoms with E-state index in [1.807, 2.05) is 31.2 Å². The number of hydrogen-bond donors (Lipinski definition) is 0. The standard InChI is InChI=1S/C20H20FNO2/c1-14-4-6-15(7-5-14)19(23)17-3-2-12-22(13-17)20(24)16-8-10-18(21)11-9-16/h4-11,17H,2-3,12-13H2,1H3. The van der Waals surface area contributed by atoms with Crippen molar-refractivity contribution in [2.75, 3.05) is 13.1 Å². The highest BCUT2D eigenvalue weighted by Crippen LogP contribution is 2.22. The third-order valence-corrected chi connectivity index (χ3v) is 4.51. The number of carbonyl (C=O) groups is 2. The predicted molar refractivity (Wildman–Crippen MR) is 90.5 cm³/mol. The van der Waals surface area contributed by atoms with Crippen LogP contribution in [0.5, 0.6) is 0 Å². The van der Waals surface area contributed by atoms with Gasteiger partial charge in [0.05, 0.1) is 0 Å². The molecule has 2 aromatic carbocycles. The molecule has 1 aliphatic rings. The summed E-state index contributed by atoms with van der Waals surface area (Å²) < 4.78 is 13.0. The second kappa shape index (κ2) is 6.95. The molecule has 124 valence electrons. The Labute approximate surface area is 141 Å². The van der Waals surface area contributed by atoms with Gasteiger partial charge in [0.1, 0.15) is 5.82 Å². The number of nitrogens with zero attached hydrogens (tertiary/aromatic N) is 1. The minimum absolute atomic E-state index is 0.0895. The third-order valence-electron chi connectivity index (χ3n) is 4.51. The number of Topliss-reactive ketones (excluding diaryl/α,β-unsaturated/α-hetero) is 1. The van der Waals surface area contributed by atoms with Gasteiger partial charge in [0.25, 0.3) is 5.91 Å². The molecule has 3 rings (SSSR count). The monoisotopic (exact) mass is 325 g/mol. The van der Waals surface area contributed by atoms with E-state index in [1.165, 1.54) is 24.3 Å². The zero-order valence-electron chi connectivity index (χ0n) is 13.7. The van der Waals surface area contributed by atoms with Crippen molar-refractivity contribution in [3.63, 3.8) is 0 Å². The van der Waals surface area contributed by atoms with Gasteiger partial charge >= 0.3 is 0 Å². The van der Waals surface area contributed by atoms with Crippen molar-refractivity contribution in [1.82, 2.24) is 4.90 Å². The molecule has 1 atom stereocenters. The molecule has 1 aliphatic heterocycles. The fourth-order valence-electron chi connectivity index (χ4n) is 3.10. The molecular weight excluding hydrogens is 305 g/mol. The second-order valence-corrected chi connectivity index (χ2v) is 6.33. The fourth-order valence-corrected chi connectivity index (χ4v) is 3.10. The van der Waals surface area contributed by atoms with Crippen LogP contribution in [0.3, 0.4) is 0 Å². The molecule has 24 heavy (non-hydrogen) atoms. The van der Waals surface area contributed by atoms with Crippen molar-refractivity contribution < 1.29 is 14.0 Å². The average Bonchev–Trinajstić information content (AvgIpc) is 2.62. The Bertz CT molecular complexity index is 674. The van der Waals surface area contributed by atoms with E-state index < -0.39 is 0 Å². The van der Waals surface area contributed by atoms with Crippen LogP contribution < -0.4 is 0 Å². The Hall–Kier alpha value is -2.49. The first-order valence-corrected chi connectivity index (χ1v) is 8.20. The van der Waals surface area contributed by atoms with E-state index in [2.05, 4.69) is 0 Å². The first-order valence-electron chi connectivity index (χ1n) is 8.20. The van der Waals surface area contributed by atoms with Gasteiger partial charge in [-0.25, -0.2) is 4.39 Å². The molecule has 0 aliphatic carbocycles. The molecule has 3 nitrogen and oxygen atoms in total. The van der Waals surface area contributed by atoms with Gasteiger partial charge in [0.2, 0.25) is 0 Å². The Kier molecular flexibility index (Phi) is 4.74. The summed E-state index contributed by atoms with van der Waals surface area (Å²) in [6.45, 7) is 3.04. The molecule has 0 aromatic heterocycles. The summed E-state index contributed by atoms with van der Waals surface area (Å²) in [5.74, 6) is -0.591. The van der Waals surface area contributed by atoms with Gasteiger partial charge < -0.3 is 4.90 Å². The lowest BCUT2D eigenvalue weighted by atomic mass is 9.89. The van der Waals surface area contributed by atoms with Gasteiger partial charge in [0.15, 0.2) is 5.78 Å². The molecular formula is C20H20FNO2. The molecule has 2 aromatic rings. The molecule has 0 bridgehead atoms. The smallest absolute Gasteiger partial charge is 0.253 e. The van der Waals surface area contributed by atoms with E-state index >= 15 is 0 Å². The van der Waals surface area contributed by atoms with Crippen molar-refractivity contribution >= 4 is 11.7 Å². The molecule has 0 spiro atoms. The Morgan fingerprint density at radius 3 is 2.29 bits per heavy atom. The molecule has 1 heterocycles. The van der Waals surface area contributed by atoms with E-state index in [0.717, 1.165) is 18.4 Å². The second-order valence-electron chi connectivity index (χ2n) is 6.33. The number of piperidine rings is 1. The van der Waals surface area contributed by atoms with E-state index in [1.54, 1.807) is 4.90 Å². The fraction of sp³-hybridized carbons (Fsp3) is 0.300. The lowest BCUT2D eigenvalue weighted by molar-refractivity contribution is 0.0637. The van der Waals surface area contributed by atoms with Gasteiger partial charge in [-0.2, -0.15) is 0 Å². The zero-order chi connectivity index (χ0) is 17.1. The Balaban J connectivity index is 1.71. The number of amides is 1. The quantitative estimate of drug-likeness (QED) is 0.803. The molecule has 1 amide bonds. The minimum atomic E-state index is -0.363. The molecule has 0 saturated carbocycles. The lowest BCUT2D eigenvalue weighted by Crippen LogP contribution is -2.42. The molecule has 1 unspecified atom stereocenters. The summed E-state index contributed by atoms with van der Waals surface area (Å²) in [5, 5.41) is 0. The van der Waals surface area contributed by atoms with Crippen LogP contribution in [0.2, 0.25) is 0 Å². The van der Waals surface area contributed by atoms with E-state index in [-0.39, 0.29) is 23.4 Å². The number of likely N-dealkylation sites (tertiary alicyclic amines) is 1. The van der Waals surface area contributed by atoms with Crippen LogP contribution in [0.25, 0.3) is 0 Å². The Morgan fingerprint density at radius 1 is 1.00 bits per heavy atom. The summed E-state index contributed by atoms with van der Waals surface area (Å²) in [6, 6.07) is 13.1. The van der Waals surface area contributed by atoms with Crippen LogP contribution >= 0.6 is 0 Å². The van der Waals surface area contributed by atoms with Crippen molar-refractivity contribution in [3.8, 4) is 0 Å². The normalized spacial score (nSPS) is 17.6. The summed E-state index contributed by atoms with van der Waals surface area (Å²) >= 11 is 0. The number of halogens is 1. The molecule has 0 radical (unpaired) electrons. The highest BCUT2D eigenvalue weighted by Gasteiger charge is 2.29. The van der Waals surface area contributed by atoms with Crippen LogP contribution in [-0.4, -0.2) is 29.7 Å². The van der Waals surface area contributed by atoms with E-state index in [9.17, 15) is 14.0 Å². The highest BCUT2D eigenvalue weighted by atomic mass is 19.1. The summed E-state index contributed by atoms with van der Waals surface area (Å²) in [7, 11) is 0. The summed E-state index contributed by atoms with van der Waals surface area (Å²) in [5.41, 5.74) is 2.27. The maximum absolute atomic E-state index is 13.0. The number of carbonyl (C=O) groups excluding carboxylic acids is 2. The topological polar surface area (TPSA) is 37.4 Å². The van der Waals surface area contributed by atoms with Gasteiger partial charge in [-0.1, -0.05) is 29.8 Å². The lowest BCUT2D eigenvalue weighted by Gasteiger charge is -2.32. The van der Waals surface area contributed by atoms with Crippen LogP contribution in [0.15, 0.2) is 48.5 Å². The molecule has 1 fully saturated rings. The van der Waals surface area contributed by atoms with Crippen molar-refractivity contribution in [1.29, 1.82) is 0 Å². The van der Waals surface area contributed by atoms with Crippen LogP contribution in [0, 0.1) is 18.7 Å². The van der Waals surface area contributed by atoms with Crippen molar-refractivity contribution in [2.45, 2.75) is 19.8 Å². The Morgan fingerprint density at radius 2 is 1.62 bits per heavy atom. The number of ketones is 1. The highest BCUT2D eigenvalue weighted by molar-refractivity contribution is 5.99. The first-order chi connectivity index (χ1) is 11.5. The van der Waals surface area contributed by atoms with Crippen LogP contribution in [0.1, 0.15) is 39.1 Å². The largest absolute Gasteiger partial charge is 0.338 e. The van der Waals surface area contributed by atoms with Crippen molar-refractivity contribution in [3.05, 3.63) is 71.0 Å². The molecule has 0 N–H and O–H groups in total. The third kappa shape index (κ3) is 3.53. The van der Waals surface area contributed by atoms with E-state index in [0.29, 0.717) is 24.2 Å². The van der Waals surface area contributed by atoms with Gasteiger partial charge in [-0.05, 0) is 44.0 Å². The average molecular weight is 325 g/mol. The summed E-state index contributed by atoms with van der Waals surface area (Å²) in [6.07, 6.45) is 1.59. The first kappa shape index (κ1) is 16.4. The number of benzene rings is 2. The predicted octanol–water partition coefficient (Wildman–Crippen LogP) is 3.87. The SMILES string of the molecule is Cc1ccc(C(=O)C2CCCN(C(=O)c3ccc(F)cc3)C2)cc1. The maximum atomic E-state index is 13.0. The number of aryl methyl sites for hydroxylation is 1. The van der Waals surface area contributed by atoms with Gasteiger partial charge in [0, 0.05) is 30.1 Å². The number of rotatable bonds is 3. The van der Waals surface area contributed by atoms with Crippen LogP contribution in [0.4, 0.5) is 4.39 Å². The maximum Gasteiger partial charge on any atom is 0.253 e. The summed E-state index contributed by atoms with van der Waals surface area (Å²) in [4.78, 5) is 26.9. The van der Waals surface area contributed by atoms with Crippen molar-refractivity contribution in [2.24, 2.45) is 5.92 Å². The zero-order valence-corrected chi connectivity index (χ0v) is 13.7. The molecule has 4 heteroatoms. The van der Waals surface area contributed by atoms with E-state index in [4.69, 9.17) is 0 Å². The van der Waals surface area contributed by atoms with Crippen LogP contribution in [-0.2, 0) is 0 Å². The molecule has 1 saturated heterocycles. The van der Waals surface area contributed by atoms with Gasteiger partial charge in [-0.15, -0.1) is 0 Å². The van der Waals surface area contributed by atoms with Gasteiger partial charge in [-0.3, -0.25) is 9.59 Å². The minimum Gasteiger partial charge on any atom is -0.338 e. The number of hydrogen-bond acceptors (Lipinski definition) is 2.